The first kappa shape index (κ1) is 15.5. The van der Waals surface area contributed by atoms with Gasteiger partial charge in [-0.25, -0.2) is 4.98 Å². The second-order valence-corrected chi connectivity index (χ2v) is 7.09. The molecule has 0 amide bonds. The van der Waals surface area contributed by atoms with Gasteiger partial charge in [-0.15, -0.1) is 0 Å². The first-order valence-corrected chi connectivity index (χ1v) is 8.64. The van der Waals surface area contributed by atoms with Crippen molar-refractivity contribution >= 4 is 16.7 Å². The van der Waals surface area contributed by atoms with Crippen molar-refractivity contribution in [2.75, 3.05) is 32.2 Å². The fourth-order valence-corrected chi connectivity index (χ4v) is 3.92. The molecule has 128 valence electrons. The van der Waals surface area contributed by atoms with Crippen LogP contribution in [0.5, 0.6) is 11.5 Å². The highest BCUT2D eigenvalue weighted by Gasteiger charge is 2.41. The van der Waals surface area contributed by atoms with E-state index in [0.29, 0.717) is 5.92 Å². The van der Waals surface area contributed by atoms with Gasteiger partial charge in [0.15, 0.2) is 0 Å². The quantitative estimate of drug-likeness (QED) is 0.935. The summed E-state index contributed by atoms with van der Waals surface area (Å²) >= 11 is 0. The van der Waals surface area contributed by atoms with Gasteiger partial charge in [0.1, 0.15) is 22.8 Å². The average molecular weight is 327 g/mol. The minimum Gasteiger partial charge on any atom is -0.497 e. The van der Waals surface area contributed by atoms with Crippen molar-refractivity contribution in [1.82, 2.24) is 4.98 Å². The van der Waals surface area contributed by atoms with E-state index in [9.17, 15) is 0 Å². The summed E-state index contributed by atoms with van der Waals surface area (Å²) in [7, 11) is 3.34. The van der Waals surface area contributed by atoms with Gasteiger partial charge in [-0.1, -0.05) is 0 Å². The Labute approximate surface area is 142 Å². The number of aromatic nitrogens is 1. The van der Waals surface area contributed by atoms with Crippen LogP contribution in [0, 0.1) is 18.8 Å². The lowest BCUT2D eigenvalue weighted by molar-refractivity contribution is 0.397. The van der Waals surface area contributed by atoms with E-state index in [4.69, 9.17) is 20.2 Å². The number of nitrogens with zero attached hydrogens (tertiary/aromatic N) is 2. The third-order valence-electron chi connectivity index (χ3n) is 5.46. The van der Waals surface area contributed by atoms with Gasteiger partial charge in [-0.05, 0) is 49.3 Å². The predicted octanol–water partition coefficient (Wildman–Crippen LogP) is 2.73. The number of methoxy groups -OCH3 is 2. The Morgan fingerprint density at radius 2 is 1.92 bits per heavy atom. The lowest BCUT2D eigenvalue weighted by atomic mass is 9.99. The van der Waals surface area contributed by atoms with Crippen LogP contribution >= 0.6 is 0 Å². The van der Waals surface area contributed by atoms with Crippen LogP contribution in [0.4, 0.5) is 5.82 Å². The first-order chi connectivity index (χ1) is 11.6. The largest absolute Gasteiger partial charge is 0.497 e. The number of hydrogen-bond donors (Lipinski definition) is 1. The molecule has 2 N–H and O–H groups in total. The summed E-state index contributed by atoms with van der Waals surface area (Å²) in [6.45, 7) is 4.01. The monoisotopic (exact) mass is 327 g/mol. The number of hydrogen-bond acceptors (Lipinski definition) is 5. The van der Waals surface area contributed by atoms with E-state index in [-0.39, 0.29) is 6.04 Å². The molecule has 1 saturated carbocycles. The molecule has 1 aromatic carbocycles. The number of anilines is 1. The normalized spacial score (nSPS) is 23.8. The molecule has 1 aliphatic carbocycles. The summed E-state index contributed by atoms with van der Waals surface area (Å²) in [6, 6.07) is 6.32. The van der Waals surface area contributed by atoms with Crippen LogP contribution in [0.3, 0.4) is 0 Å². The van der Waals surface area contributed by atoms with E-state index < -0.39 is 0 Å². The molecule has 2 heterocycles. The molecule has 2 aliphatic rings. The van der Waals surface area contributed by atoms with Gasteiger partial charge in [0, 0.05) is 30.6 Å². The predicted molar refractivity (Wildman–Crippen MR) is 96.0 cm³/mol. The van der Waals surface area contributed by atoms with Gasteiger partial charge in [0.2, 0.25) is 0 Å². The van der Waals surface area contributed by atoms with Crippen LogP contribution in [-0.2, 0) is 0 Å². The van der Waals surface area contributed by atoms with Crippen LogP contribution < -0.4 is 20.1 Å². The molecule has 0 unspecified atom stereocenters. The summed E-state index contributed by atoms with van der Waals surface area (Å²) in [5.74, 6) is 3.97. The van der Waals surface area contributed by atoms with Gasteiger partial charge >= 0.3 is 0 Å². The van der Waals surface area contributed by atoms with E-state index in [1.807, 2.05) is 12.1 Å². The number of ether oxygens (including phenoxy) is 2. The summed E-state index contributed by atoms with van der Waals surface area (Å²) < 4.78 is 10.9. The smallest absolute Gasteiger partial charge is 0.148 e. The zero-order valence-electron chi connectivity index (χ0n) is 14.6. The molecule has 24 heavy (non-hydrogen) atoms. The number of rotatable bonds is 4. The fraction of sp³-hybridized carbons (Fsp3) is 0.526. The zero-order valence-corrected chi connectivity index (χ0v) is 14.6. The lowest BCUT2D eigenvalue weighted by Gasteiger charge is -2.20. The lowest BCUT2D eigenvalue weighted by Crippen LogP contribution is -2.30. The second-order valence-electron chi connectivity index (χ2n) is 7.09. The molecular formula is C19H25N3O2. The summed E-state index contributed by atoms with van der Waals surface area (Å²) in [6.07, 6.45) is 2.67. The molecule has 0 radical (unpaired) electrons. The summed E-state index contributed by atoms with van der Waals surface area (Å²) in [5, 5.41) is 1.07. The summed E-state index contributed by atoms with van der Waals surface area (Å²) in [4.78, 5) is 7.24. The highest BCUT2D eigenvalue weighted by Crippen LogP contribution is 2.42. The van der Waals surface area contributed by atoms with Crippen LogP contribution in [0.2, 0.25) is 0 Å². The van der Waals surface area contributed by atoms with Crippen LogP contribution in [0.25, 0.3) is 10.9 Å². The van der Waals surface area contributed by atoms with Crippen molar-refractivity contribution in [3.05, 3.63) is 23.8 Å². The highest BCUT2D eigenvalue weighted by molar-refractivity contribution is 5.90. The zero-order chi connectivity index (χ0) is 16.8. The Morgan fingerprint density at radius 3 is 2.58 bits per heavy atom. The number of nitrogens with two attached hydrogens (primary N) is 1. The van der Waals surface area contributed by atoms with E-state index in [1.165, 1.54) is 18.4 Å². The molecule has 1 saturated heterocycles. The molecule has 2 atom stereocenters. The van der Waals surface area contributed by atoms with Gasteiger partial charge in [0.05, 0.1) is 14.2 Å². The van der Waals surface area contributed by atoms with Gasteiger partial charge < -0.3 is 20.1 Å². The molecule has 1 aliphatic heterocycles. The fourth-order valence-electron chi connectivity index (χ4n) is 3.92. The Morgan fingerprint density at radius 1 is 1.12 bits per heavy atom. The Hall–Kier alpha value is -2.01. The van der Waals surface area contributed by atoms with Crippen molar-refractivity contribution in [2.45, 2.75) is 25.8 Å². The molecular weight excluding hydrogens is 302 g/mol. The average Bonchev–Trinajstić information content (AvgIpc) is 3.36. The molecule has 2 fully saturated rings. The topological polar surface area (TPSA) is 60.6 Å². The van der Waals surface area contributed by atoms with Crippen LogP contribution in [0.1, 0.15) is 18.4 Å². The van der Waals surface area contributed by atoms with E-state index in [2.05, 4.69) is 17.9 Å². The minimum atomic E-state index is 0.257. The highest BCUT2D eigenvalue weighted by atomic mass is 16.5. The number of fused-ring (bicyclic) bond motifs is 1. The Kier molecular flexibility index (Phi) is 3.76. The number of aryl methyl sites for hydroxylation is 1. The molecule has 0 bridgehead atoms. The molecule has 2 aromatic rings. The minimum absolute atomic E-state index is 0.257. The maximum absolute atomic E-state index is 6.38. The third kappa shape index (κ3) is 2.57. The molecule has 1 aromatic heterocycles. The van der Waals surface area contributed by atoms with Crippen LogP contribution in [-0.4, -0.2) is 38.3 Å². The van der Waals surface area contributed by atoms with Gasteiger partial charge in [-0.3, -0.25) is 0 Å². The van der Waals surface area contributed by atoms with Crippen molar-refractivity contribution in [2.24, 2.45) is 17.6 Å². The summed E-state index contributed by atoms with van der Waals surface area (Å²) in [5.41, 5.74) is 8.44. The maximum atomic E-state index is 6.38. The van der Waals surface area contributed by atoms with E-state index in [0.717, 1.165) is 47.2 Å². The van der Waals surface area contributed by atoms with E-state index in [1.54, 1.807) is 14.2 Å². The number of benzene rings is 1. The number of pyridine rings is 1. The second kappa shape index (κ2) is 5.81. The molecule has 5 heteroatoms. The van der Waals surface area contributed by atoms with Crippen LogP contribution in [0.15, 0.2) is 18.2 Å². The van der Waals surface area contributed by atoms with Crippen molar-refractivity contribution in [3.8, 4) is 11.5 Å². The van der Waals surface area contributed by atoms with E-state index >= 15 is 0 Å². The standard InChI is InChI=1S/C19H25N3O2/c1-11-6-18(22-9-15(12-4-5-12)16(20)10-22)21-19-14(11)7-13(23-2)8-17(19)24-3/h6-8,12,15-16H,4-5,9-10,20H2,1-3H3/t15-,16+/m1/s1. The van der Waals surface area contributed by atoms with Crippen molar-refractivity contribution in [1.29, 1.82) is 0 Å². The van der Waals surface area contributed by atoms with Crippen molar-refractivity contribution < 1.29 is 9.47 Å². The first-order valence-electron chi connectivity index (χ1n) is 8.64. The molecule has 0 spiro atoms. The Bertz CT molecular complexity index is 773. The van der Waals surface area contributed by atoms with Crippen molar-refractivity contribution in [3.63, 3.8) is 0 Å². The van der Waals surface area contributed by atoms with Gasteiger partial charge in [-0.2, -0.15) is 0 Å². The SMILES string of the molecule is COc1cc(OC)c2nc(N3C[C@H](C4CC4)[C@@H](N)C3)cc(C)c2c1. The Balaban J connectivity index is 1.74. The maximum Gasteiger partial charge on any atom is 0.148 e. The molecule has 4 rings (SSSR count). The molecule has 5 nitrogen and oxygen atoms in total. The third-order valence-corrected chi connectivity index (χ3v) is 5.46. The van der Waals surface area contributed by atoms with Gasteiger partial charge in [0.25, 0.3) is 0 Å².